The molecule has 0 atom stereocenters. The number of benzene rings is 1. The smallest absolute Gasteiger partial charge is 0.220 e. The van der Waals surface area contributed by atoms with Crippen molar-refractivity contribution in [3.8, 4) is 0 Å². The van der Waals surface area contributed by atoms with Gasteiger partial charge in [0.15, 0.2) is 0 Å². The molecule has 0 saturated carbocycles. The van der Waals surface area contributed by atoms with Crippen molar-refractivity contribution >= 4 is 11.8 Å². The summed E-state index contributed by atoms with van der Waals surface area (Å²) in [7, 11) is 0. The topological polar surface area (TPSA) is 98.2 Å². The fraction of sp³-hybridized carbons (Fsp3) is 0.333. The number of amides is 2. The third-order valence-corrected chi connectivity index (χ3v) is 2.32. The highest BCUT2D eigenvalue weighted by atomic mass is 16.2. The summed E-state index contributed by atoms with van der Waals surface area (Å²) in [5.41, 5.74) is 12.5. The number of primary amides is 1. The Bertz CT molecular complexity index is 404. The lowest BCUT2D eigenvalue weighted by Gasteiger charge is -2.06. The first-order chi connectivity index (χ1) is 8.11. The van der Waals surface area contributed by atoms with Gasteiger partial charge in [0.2, 0.25) is 11.8 Å². The van der Waals surface area contributed by atoms with E-state index in [1.165, 1.54) is 0 Å². The van der Waals surface area contributed by atoms with E-state index in [1.807, 2.05) is 24.3 Å². The van der Waals surface area contributed by atoms with Crippen molar-refractivity contribution in [1.82, 2.24) is 5.32 Å². The summed E-state index contributed by atoms with van der Waals surface area (Å²) in [4.78, 5) is 21.8. The molecule has 0 saturated heterocycles. The minimum absolute atomic E-state index is 0.0780. The van der Waals surface area contributed by atoms with Gasteiger partial charge >= 0.3 is 0 Å². The Labute approximate surface area is 100 Å². The monoisotopic (exact) mass is 235 g/mol. The van der Waals surface area contributed by atoms with Gasteiger partial charge in [0.1, 0.15) is 0 Å². The van der Waals surface area contributed by atoms with E-state index in [2.05, 4.69) is 5.32 Å². The van der Waals surface area contributed by atoms with E-state index in [9.17, 15) is 9.59 Å². The zero-order valence-electron chi connectivity index (χ0n) is 9.61. The summed E-state index contributed by atoms with van der Waals surface area (Å²) in [5, 5.41) is 2.72. The molecule has 1 aromatic carbocycles. The van der Waals surface area contributed by atoms with Gasteiger partial charge in [-0.1, -0.05) is 24.3 Å². The Kier molecular flexibility index (Phi) is 5.16. The molecule has 5 nitrogen and oxygen atoms in total. The van der Waals surface area contributed by atoms with Crippen LogP contribution < -0.4 is 16.8 Å². The van der Waals surface area contributed by atoms with Crippen LogP contribution in [-0.2, 0) is 22.7 Å². The van der Waals surface area contributed by atoms with Crippen LogP contribution in [0.3, 0.4) is 0 Å². The lowest BCUT2D eigenvalue weighted by Crippen LogP contribution is -2.24. The highest BCUT2D eigenvalue weighted by Crippen LogP contribution is 2.04. The second-order valence-electron chi connectivity index (χ2n) is 3.77. The molecule has 17 heavy (non-hydrogen) atoms. The van der Waals surface area contributed by atoms with Crippen molar-refractivity contribution in [2.75, 3.05) is 0 Å². The van der Waals surface area contributed by atoms with Gasteiger partial charge in [-0.3, -0.25) is 9.59 Å². The molecule has 0 radical (unpaired) electrons. The van der Waals surface area contributed by atoms with E-state index in [4.69, 9.17) is 11.5 Å². The minimum Gasteiger partial charge on any atom is -0.370 e. The first-order valence-corrected chi connectivity index (χ1v) is 5.44. The third-order valence-electron chi connectivity index (χ3n) is 2.32. The molecule has 0 heterocycles. The quantitative estimate of drug-likeness (QED) is 0.648. The van der Waals surface area contributed by atoms with E-state index in [1.54, 1.807) is 0 Å². The first-order valence-electron chi connectivity index (χ1n) is 5.44. The van der Waals surface area contributed by atoms with Crippen LogP contribution in [0.15, 0.2) is 24.3 Å². The molecule has 2 amide bonds. The standard InChI is InChI=1S/C12H17N3O2/c13-7-9-2-1-3-10(6-9)8-15-12(17)5-4-11(14)16/h1-3,6H,4-5,7-8,13H2,(H2,14,16)(H,15,17). The van der Waals surface area contributed by atoms with Crippen LogP contribution in [0.25, 0.3) is 0 Å². The largest absolute Gasteiger partial charge is 0.370 e. The SMILES string of the molecule is NCc1cccc(CNC(=O)CCC(N)=O)c1. The molecule has 1 aromatic rings. The fourth-order valence-corrected chi connectivity index (χ4v) is 1.39. The van der Waals surface area contributed by atoms with Gasteiger partial charge in [0.05, 0.1) is 0 Å². The number of carbonyl (C=O) groups is 2. The molecular weight excluding hydrogens is 218 g/mol. The van der Waals surface area contributed by atoms with Crippen LogP contribution in [-0.4, -0.2) is 11.8 Å². The molecule has 0 unspecified atom stereocenters. The zero-order valence-corrected chi connectivity index (χ0v) is 9.61. The van der Waals surface area contributed by atoms with Crippen LogP contribution in [0.4, 0.5) is 0 Å². The van der Waals surface area contributed by atoms with Gasteiger partial charge in [0, 0.05) is 25.9 Å². The zero-order chi connectivity index (χ0) is 12.7. The van der Waals surface area contributed by atoms with Crippen molar-refractivity contribution in [1.29, 1.82) is 0 Å². The summed E-state index contributed by atoms with van der Waals surface area (Å²) in [6, 6.07) is 7.67. The molecule has 5 heteroatoms. The summed E-state index contributed by atoms with van der Waals surface area (Å²) >= 11 is 0. The third kappa shape index (κ3) is 5.12. The maximum Gasteiger partial charge on any atom is 0.220 e. The summed E-state index contributed by atoms with van der Waals surface area (Å²) in [6.45, 7) is 0.912. The van der Waals surface area contributed by atoms with Crippen molar-refractivity contribution < 1.29 is 9.59 Å². The van der Waals surface area contributed by atoms with E-state index in [0.29, 0.717) is 13.1 Å². The Morgan fingerprint density at radius 3 is 2.53 bits per heavy atom. The van der Waals surface area contributed by atoms with E-state index < -0.39 is 5.91 Å². The second-order valence-corrected chi connectivity index (χ2v) is 3.77. The van der Waals surface area contributed by atoms with Crippen LogP contribution in [0, 0.1) is 0 Å². The number of carbonyl (C=O) groups excluding carboxylic acids is 2. The number of nitrogens with one attached hydrogen (secondary N) is 1. The minimum atomic E-state index is -0.467. The van der Waals surface area contributed by atoms with Crippen molar-refractivity contribution in [2.24, 2.45) is 11.5 Å². The number of hydrogen-bond donors (Lipinski definition) is 3. The predicted molar refractivity (Wildman–Crippen MR) is 64.6 cm³/mol. The molecular formula is C12H17N3O2. The van der Waals surface area contributed by atoms with Crippen molar-refractivity contribution in [3.63, 3.8) is 0 Å². The molecule has 0 aliphatic heterocycles. The van der Waals surface area contributed by atoms with Gasteiger partial charge in [0.25, 0.3) is 0 Å². The summed E-state index contributed by atoms with van der Waals surface area (Å²) in [6.07, 6.45) is 0.209. The highest BCUT2D eigenvalue weighted by Gasteiger charge is 2.03. The predicted octanol–water partition coefficient (Wildman–Crippen LogP) is 0.0270. The average molecular weight is 235 g/mol. The number of rotatable bonds is 6. The van der Waals surface area contributed by atoms with E-state index in [-0.39, 0.29) is 18.7 Å². The van der Waals surface area contributed by atoms with Crippen LogP contribution >= 0.6 is 0 Å². The van der Waals surface area contributed by atoms with Gasteiger partial charge in [-0.25, -0.2) is 0 Å². The van der Waals surface area contributed by atoms with Gasteiger partial charge < -0.3 is 16.8 Å². The van der Waals surface area contributed by atoms with Crippen molar-refractivity contribution in [2.45, 2.75) is 25.9 Å². The first kappa shape index (κ1) is 13.2. The van der Waals surface area contributed by atoms with Crippen LogP contribution in [0.2, 0.25) is 0 Å². The second kappa shape index (κ2) is 6.65. The normalized spacial score (nSPS) is 9.94. The molecule has 0 bridgehead atoms. The molecule has 0 aromatic heterocycles. The molecule has 0 aliphatic carbocycles. The maximum atomic E-state index is 11.3. The molecule has 0 aliphatic rings. The Morgan fingerprint density at radius 2 is 1.88 bits per heavy atom. The molecule has 5 N–H and O–H groups in total. The molecule has 1 rings (SSSR count). The van der Waals surface area contributed by atoms with Gasteiger partial charge in [-0.05, 0) is 11.1 Å². The number of hydrogen-bond acceptors (Lipinski definition) is 3. The Hall–Kier alpha value is -1.88. The average Bonchev–Trinajstić information content (AvgIpc) is 2.34. The molecule has 92 valence electrons. The number of nitrogens with two attached hydrogens (primary N) is 2. The maximum absolute atomic E-state index is 11.3. The van der Waals surface area contributed by atoms with Crippen LogP contribution in [0.5, 0.6) is 0 Å². The van der Waals surface area contributed by atoms with Crippen LogP contribution in [0.1, 0.15) is 24.0 Å². The Balaban J connectivity index is 2.39. The van der Waals surface area contributed by atoms with Gasteiger partial charge in [-0.15, -0.1) is 0 Å². The fourth-order valence-electron chi connectivity index (χ4n) is 1.39. The van der Waals surface area contributed by atoms with E-state index in [0.717, 1.165) is 11.1 Å². The lowest BCUT2D eigenvalue weighted by molar-refractivity contribution is -0.125. The molecule has 0 spiro atoms. The summed E-state index contributed by atoms with van der Waals surface area (Å²) in [5.74, 6) is -0.646. The summed E-state index contributed by atoms with van der Waals surface area (Å²) < 4.78 is 0. The van der Waals surface area contributed by atoms with Crippen molar-refractivity contribution in [3.05, 3.63) is 35.4 Å². The van der Waals surface area contributed by atoms with E-state index >= 15 is 0 Å². The lowest BCUT2D eigenvalue weighted by atomic mass is 10.1. The van der Waals surface area contributed by atoms with Gasteiger partial charge in [-0.2, -0.15) is 0 Å². The Morgan fingerprint density at radius 1 is 1.18 bits per heavy atom. The molecule has 0 fully saturated rings. The highest BCUT2D eigenvalue weighted by molar-refractivity contribution is 5.82.